The van der Waals surface area contributed by atoms with Crippen LogP contribution in [0.4, 0.5) is 0 Å². The van der Waals surface area contributed by atoms with Gasteiger partial charge in [-0.25, -0.2) is 4.79 Å². The van der Waals surface area contributed by atoms with Crippen molar-refractivity contribution in [3.05, 3.63) is 24.0 Å². The molecule has 1 unspecified atom stereocenters. The van der Waals surface area contributed by atoms with Gasteiger partial charge in [0.1, 0.15) is 11.2 Å². The Morgan fingerprint density at radius 1 is 1.35 bits per heavy atom. The van der Waals surface area contributed by atoms with E-state index in [1.54, 1.807) is 17.9 Å². The summed E-state index contributed by atoms with van der Waals surface area (Å²) in [6, 6.07) is 4.09. The second kappa shape index (κ2) is 4.65. The lowest BCUT2D eigenvalue weighted by Gasteiger charge is -2.41. The Bertz CT molecular complexity index is 547. The van der Waals surface area contributed by atoms with Crippen molar-refractivity contribution in [3.63, 3.8) is 0 Å². The molecule has 0 spiro atoms. The average molecular weight is 276 g/mol. The zero-order valence-electron chi connectivity index (χ0n) is 11.7. The molecule has 5 nitrogen and oxygen atoms in total. The molecule has 1 aromatic heterocycles. The van der Waals surface area contributed by atoms with E-state index in [9.17, 15) is 14.7 Å². The van der Waals surface area contributed by atoms with E-state index in [0.29, 0.717) is 24.7 Å². The highest BCUT2D eigenvalue weighted by atomic mass is 16.4. The van der Waals surface area contributed by atoms with Gasteiger partial charge in [0.2, 0.25) is 0 Å². The van der Waals surface area contributed by atoms with Crippen LogP contribution >= 0.6 is 0 Å². The summed E-state index contributed by atoms with van der Waals surface area (Å²) in [5.41, 5.74) is -0.449. The maximum Gasteiger partial charge on any atom is 0.329 e. The molecule has 2 fully saturated rings. The van der Waals surface area contributed by atoms with Gasteiger partial charge in [-0.05, 0) is 51.2 Å². The first-order valence-corrected chi connectivity index (χ1v) is 7.26. The highest BCUT2D eigenvalue weighted by Crippen LogP contribution is 2.37. The van der Waals surface area contributed by atoms with E-state index in [2.05, 4.69) is 0 Å². The fourth-order valence-electron chi connectivity index (χ4n) is 3.05. The maximum absolute atomic E-state index is 12.8. The van der Waals surface area contributed by atoms with E-state index in [1.165, 1.54) is 0 Å². The molecular weight excluding hydrogens is 256 g/mol. The fourth-order valence-corrected chi connectivity index (χ4v) is 3.05. The van der Waals surface area contributed by atoms with Crippen molar-refractivity contribution in [1.29, 1.82) is 0 Å². The summed E-state index contributed by atoms with van der Waals surface area (Å²) in [4.78, 5) is 25.9. The highest BCUT2D eigenvalue weighted by Gasteiger charge is 2.45. The van der Waals surface area contributed by atoms with Crippen LogP contribution in [0.2, 0.25) is 0 Å². The van der Waals surface area contributed by atoms with Crippen LogP contribution in [-0.4, -0.2) is 38.5 Å². The minimum absolute atomic E-state index is 0.147. The van der Waals surface area contributed by atoms with Crippen LogP contribution in [-0.2, 0) is 4.79 Å². The van der Waals surface area contributed by atoms with E-state index in [1.807, 2.05) is 16.8 Å². The molecule has 2 aliphatic rings. The lowest BCUT2D eigenvalue weighted by molar-refractivity contribution is -0.150. The number of likely N-dealkylation sites (tertiary alicyclic amines) is 1. The van der Waals surface area contributed by atoms with Gasteiger partial charge >= 0.3 is 5.97 Å². The molecule has 0 radical (unpaired) electrons. The van der Waals surface area contributed by atoms with Gasteiger partial charge in [-0.1, -0.05) is 0 Å². The third kappa shape index (κ3) is 2.01. The maximum atomic E-state index is 12.8. The lowest BCUT2D eigenvalue weighted by Crippen LogP contribution is -2.57. The first-order valence-electron chi connectivity index (χ1n) is 7.26. The smallest absolute Gasteiger partial charge is 0.329 e. The van der Waals surface area contributed by atoms with E-state index in [0.717, 1.165) is 25.7 Å². The molecule has 1 amide bonds. The summed E-state index contributed by atoms with van der Waals surface area (Å²) in [6.45, 7) is 2.19. The highest BCUT2D eigenvalue weighted by molar-refractivity contribution is 5.97. The Labute approximate surface area is 118 Å². The fraction of sp³-hybridized carbons (Fsp3) is 0.600. The number of aromatic nitrogens is 1. The summed E-state index contributed by atoms with van der Waals surface area (Å²) in [5.74, 6) is -1.05. The van der Waals surface area contributed by atoms with Crippen molar-refractivity contribution in [2.45, 2.75) is 50.6 Å². The molecule has 1 aliphatic heterocycles. The van der Waals surface area contributed by atoms with Gasteiger partial charge in [0, 0.05) is 18.8 Å². The number of carboxylic acid groups (broad SMARTS) is 1. The van der Waals surface area contributed by atoms with Crippen LogP contribution in [0.25, 0.3) is 0 Å². The van der Waals surface area contributed by atoms with Crippen LogP contribution in [0.5, 0.6) is 0 Å². The molecule has 20 heavy (non-hydrogen) atoms. The standard InChI is InChI=1S/C15H20N2O3/c1-15(14(19)20)8-2-3-10-17(15)13(18)12-5-4-9-16(12)11-6-7-11/h4-5,9,11H,2-3,6-8,10H2,1H3,(H,19,20). The molecule has 108 valence electrons. The number of hydrogen-bond donors (Lipinski definition) is 1. The van der Waals surface area contributed by atoms with Gasteiger partial charge in [-0.2, -0.15) is 0 Å². The Kier molecular flexibility index (Phi) is 3.07. The average Bonchev–Trinajstić information content (AvgIpc) is 3.16. The predicted octanol–water partition coefficient (Wildman–Crippen LogP) is 2.29. The van der Waals surface area contributed by atoms with Crippen molar-refractivity contribution in [3.8, 4) is 0 Å². The molecule has 1 saturated carbocycles. The van der Waals surface area contributed by atoms with Crippen LogP contribution in [0.3, 0.4) is 0 Å². The predicted molar refractivity (Wildman–Crippen MR) is 73.6 cm³/mol. The molecule has 1 atom stereocenters. The number of carboxylic acids is 1. The normalized spacial score (nSPS) is 26.6. The zero-order valence-corrected chi connectivity index (χ0v) is 11.7. The zero-order chi connectivity index (χ0) is 14.3. The Morgan fingerprint density at radius 2 is 2.10 bits per heavy atom. The molecule has 1 N–H and O–H groups in total. The minimum Gasteiger partial charge on any atom is -0.480 e. The topological polar surface area (TPSA) is 62.5 Å². The van der Waals surface area contributed by atoms with Crippen LogP contribution < -0.4 is 0 Å². The van der Waals surface area contributed by atoms with Gasteiger partial charge in [0.25, 0.3) is 5.91 Å². The second-order valence-electron chi connectivity index (χ2n) is 6.02. The van der Waals surface area contributed by atoms with Gasteiger partial charge in [-0.15, -0.1) is 0 Å². The largest absolute Gasteiger partial charge is 0.480 e. The van der Waals surface area contributed by atoms with Gasteiger partial charge in [-0.3, -0.25) is 4.79 Å². The van der Waals surface area contributed by atoms with E-state index < -0.39 is 11.5 Å². The number of carbonyl (C=O) groups excluding carboxylic acids is 1. The molecule has 2 heterocycles. The quantitative estimate of drug-likeness (QED) is 0.921. The number of rotatable bonds is 3. The van der Waals surface area contributed by atoms with Crippen molar-refractivity contribution in [2.75, 3.05) is 6.54 Å². The molecule has 1 aromatic rings. The molecule has 0 bridgehead atoms. The first-order chi connectivity index (χ1) is 9.54. The SMILES string of the molecule is CC1(C(=O)O)CCCCN1C(=O)c1cccn1C1CC1. The third-order valence-electron chi connectivity index (χ3n) is 4.54. The summed E-state index contributed by atoms with van der Waals surface area (Å²) < 4.78 is 2.00. The van der Waals surface area contributed by atoms with Gasteiger partial charge in [0.15, 0.2) is 0 Å². The molecular formula is C15H20N2O3. The Balaban J connectivity index is 1.91. The molecule has 1 saturated heterocycles. The van der Waals surface area contributed by atoms with Crippen molar-refractivity contribution in [1.82, 2.24) is 9.47 Å². The minimum atomic E-state index is -1.08. The molecule has 0 aromatic carbocycles. The number of nitrogens with zero attached hydrogens (tertiary/aromatic N) is 2. The Morgan fingerprint density at radius 3 is 2.75 bits per heavy atom. The van der Waals surface area contributed by atoms with Gasteiger partial charge < -0.3 is 14.6 Å². The summed E-state index contributed by atoms with van der Waals surface area (Å²) in [6.07, 6.45) is 6.39. The van der Waals surface area contributed by atoms with Crippen LogP contribution in [0.1, 0.15) is 55.6 Å². The number of amides is 1. The van der Waals surface area contributed by atoms with Crippen LogP contribution in [0.15, 0.2) is 18.3 Å². The van der Waals surface area contributed by atoms with Crippen molar-refractivity contribution >= 4 is 11.9 Å². The second-order valence-corrected chi connectivity index (χ2v) is 6.02. The number of piperidine rings is 1. The summed E-state index contributed by atoms with van der Waals surface area (Å²) in [5, 5.41) is 9.50. The summed E-state index contributed by atoms with van der Waals surface area (Å²) in [7, 11) is 0. The lowest BCUT2D eigenvalue weighted by atomic mass is 9.88. The number of carbonyl (C=O) groups is 2. The molecule has 5 heteroatoms. The third-order valence-corrected chi connectivity index (χ3v) is 4.54. The number of aliphatic carboxylic acids is 1. The van der Waals surface area contributed by atoms with Crippen molar-refractivity contribution in [2.24, 2.45) is 0 Å². The number of hydrogen-bond acceptors (Lipinski definition) is 2. The first kappa shape index (κ1) is 13.2. The van der Waals surface area contributed by atoms with Crippen molar-refractivity contribution < 1.29 is 14.7 Å². The molecule has 3 rings (SSSR count). The van der Waals surface area contributed by atoms with Gasteiger partial charge in [0.05, 0.1) is 0 Å². The summed E-state index contributed by atoms with van der Waals surface area (Å²) >= 11 is 0. The van der Waals surface area contributed by atoms with E-state index >= 15 is 0 Å². The van der Waals surface area contributed by atoms with E-state index in [-0.39, 0.29) is 5.91 Å². The van der Waals surface area contributed by atoms with E-state index in [4.69, 9.17) is 0 Å². The molecule has 1 aliphatic carbocycles. The monoisotopic (exact) mass is 276 g/mol. The Hall–Kier alpha value is -1.78. The van der Waals surface area contributed by atoms with Crippen LogP contribution in [0, 0.1) is 0 Å².